The Morgan fingerprint density at radius 2 is 1.89 bits per heavy atom. The SMILES string of the molecule is CCOC(=O)c1csc([C@@H]2O[C@H](COC(=O)c3ccccc3)[C@@H](O)[C@H]2O)n1. The molecule has 4 atom stereocenters. The van der Waals surface area contributed by atoms with Crippen LogP contribution in [0.2, 0.25) is 0 Å². The number of aromatic nitrogens is 1. The zero-order valence-corrected chi connectivity index (χ0v) is 15.3. The molecule has 27 heavy (non-hydrogen) atoms. The number of rotatable bonds is 6. The van der Waals surface area contributed by atoms with E-state index in [0.717, 1.165) is 11.3 Å². The van der Waals surface area contributed by atoms with Crippen LogP contribution >= 0.6 is 11.3 Å². The molecule has 1 fully saturated rings. The molecule has 1 aliphatic heterocycles. The molecule has 9 heteroatoms. The third-order valence-electron chi connectivity index (χ3n) is 4.00. The predicted molar refractivity (Wildman–Crippen MR) is 94.4 cm³/mol. The average molecular weight is 393 g/mol. The van der Waals surface area contributed by atoms with Gasteiger partial charge in [-0.15, -0.1) is 11.3 Å². The van der Waals surface area contributed by atoms with Crippen LogP contribution in [0.5, 0.6) is 0 Å². The topological polar surface area (TPSA) is 115 Å². The Labute approximate surface area is 159 Å². The number of hydrogen-bond acceptors (Lipinski definition) is 9. The lowest BCUT2D eigenvalue weighted by Gasteiger charge is -2.14. The monoisotopic (exact) mass is 393 g/mol. The van der Waals surface area contributed by atoms with E-state index in [2.05, 4.69) is 4.98 Å². The zero-order valence-electron chi connectivity index (χ0n) is 14.5. The van der Waals surface area contributed by atoms with Gasteiger partial charge in [-0.3, -0.25) is 0 Å². The molecule has 0 bridgehead atoms. The second kappa shape index (κ2) is 8.57. The number of nitrogens with zero attached hydrogens (tertiary/aromatic N) is 1. The van der Waals surface area contributed by atoms with Crippen LogP contribution in [0.1, 0.15) is 38.9 Å². The van der Waals surface area contributed by atoms with E-state index in [4.69, 9.17) is 14.2 Å². The number of benzene rings is 1. The smallest absolute Gasteiger partial charge is 0.357 e. The van der Waals surface area contributed by atoms with Gasteiger partial charge in [0.1, 0.15) is 36.0 Å². The van der Waals surface area contributed by atoms with Crippen LogP contribution in [-0.4, -0.2) is 58.7 Å². The van der Waals surface area contributed by atoms with E-state index in [0.29, 0.717) is 10.6 Å². The molecular weight excluding hydrogens is 374 g/mol. The number of aliphatic hydroxyl groups excluding tert-OH is 2. The molecule has 0 aliphatic carbocycles. The van der Waals surface area contributed by atoms with Crippen molar-refractivity contribution >= 4 is 23.3 Å². The quantitative estimate of drug-likeness (QED) is 0.707. The summed E-state index contributed by atoms with van der Waals surface area (Å²) in [5.74, 6) is -1.12. The van der Waals surface area contributed by atoms with Crippen molar-refractivity contribution in [1.82, 2.24) is 4.98 Å². The first-order valence-corrected chi connectivity index (χ1v) is 9.25. The fourth-order valence-electron chi connectivity index (χ4n) is 2.62. The van der Waals surface area contributed by atoms with Crippen molar-refractivity contribution in [3.05, 3.63) is 52.0 Å². The highest BCUT2D eigenvalue weighted by atomic mass is 32.1. The molecule has 0 unspecified atom stereocenters. The molecule has 2 aromatic rings. The third-order valence-corrected chi connectivity index (χ3v) is 4.91. The highest BCUT2D eigenvalue weighted by molar-refractivity contribution is 7.09. The van der Waals surface area contributed by atoms with Crippen LogP contribution in [-0.2, 0) is 14.2 Å². The summed E-state index contributed by atoms with van der Waals surface area (Å²) in [5.41, 5.74) is 0.488. The lowest BCUT2D eigenvalue weighted by molar-refractivity contribution is -0.0342. The first-order chi connectivity index (χ1) is 13.0. The van der Waals surface area contributed by atoms with Crippen molar-refractivity contribution in [2.24, 2.45) is 0 Å². The summed E-state index contributed by atoms with van der Waals surface area (Å²) in [6, 6.07) is 8.42. The predicted octanol–water partition coefficient (Wildman–Crippen LogP) is 1.34. The maximum absolute atomic E-state index is 12.0. The van der Waals surface area contributed by atoms with Crippen LogP contribution in [0, 0.1) is 0 Å². The Morgan fingerprint density at radius 1 is 1.15 bits per heavy atom. The standard InChI is InChI=1S/C18H19NO7S/c1-2-24-18(23)11-9-27-16(19-11)15-14(21)13(20)12(26-15)8-25-17(22)10-6-4-3-5-7-10/h3-7,9,12-15,20-21H,2,8H2,1H3/t12-,13-,14-,15-/m1/s1. The number of thiazole rings is 1. The lowest BCUT2D eigenvalue weighted by atomic mass is 10.1. The van der Waals surface area contributed by atoms with E-state index in [1.54, 1.807) is 37.3 Å². The van der Waals surface area contributed by atoms with Gasteiger partial charge in [-0.1, -0.05) is 18.2 Å². The first kappa shape index (κ1) is 19.4. The van der Waals surface area contributed by atoms with Gasteiger partial charge < -0.3 is 24.4 Å². The summed E-state index contributed by atoms with van der Waals surface area (Å²) < 4.78 is 15.7. The number of esters is 2. The summed E-state index contributed by atoms with van der Waals surface area (Å²) in [6.07, 6.45) is -4.35. The summed E-state index contributed by atoms with van der Waals surface area (Å²) in [6.45, 7) is 1.69. The number of aliphatic hydroxyl groups is 2. The molecule has 1 aliphatic rings. The summed E-state index contributed by atoms with van der Waals surface area (Å²) in [7, 11) is 0. The normalized spacial score (nSPS) is 24.6. The molecule has 2 N–H and O–H groups in total. The second-order valence-electron chi connectivity index (χ2n) is 5.83. The van der Waals surface area contributed by atoms with Gasteiger partial charge in [0.25, 0.3) is 0 Å². The van der Waals surface area contributed by atoms with Crippen LogP contribution in [0.25, 0.3) is 0 Å². The highest BCUT2D eigenvalue weighted by Gasteiger charge is 2.45. The molecule has 144 valence electrons. The maximum Gasteiger partial charge on any atom is 0.357 e. The van der Waals surface area contributed by atoms with Gasteiger partial charge in [0.05, 0.1) is 12.2 Å². The second-order valence-corrected chi connectivity index (χ2v) is 6.72. The van der Waals surface area contributed by atoms with Crippen molar-refractivity contribution in [1.29, 1.82) is 0 Å². The molecule has 0 spiro atoms. The molecule has 1 aromatic carbocycles. The fraction of sp³-hybridized carbons (Fsp3) is 0.389. The van der Waals surface area contributed by atoms with Crippen molar-refractivity contribution < 1.29 is 34.0 Å². The van der Waals surface area contributed by atoms with Gasteiger partial charge in [-0.25, -0.2) is 14.6 Å². The lowest BCUT2D eigenvalue weighted by Crippen LogP contribution is -2.34. The van der Waals surface area contributed by atoms with Gasteiger partial charge in [0, 0.05) is 5.38 Å². The summed E-state index contributed by atoms with van der Waals surface area (Å²) in [4.78, 5) is 27.8. The van der Waals surface area contributed by atoms with E-state index in [1.165, 1.54) is 5.38 Å². The largest absolute Gasteiger partial charge is 0.461 e. The Balaban J connectivity index is 1.62. The summed E-state index contributed by atoms with van der Waals surface area (Å²) in [5, 5.41) is 22.3. The summed E-state index contributed by atoms with van der Waals surface area (Å²) >= 11 is 1.11. The minimum atomic E-state index is -1.26. The van der Waals surface area contributed by atoms with E-state index in [-0.39, 0.29) is 18.9 Å². The van der Waals surface area contributed by atoms with Gasteiger partial charge in [0.2, 0.25) is 0 Å². The van der Waals surface area contributed by atoms with Crippen molar-refractivity contribution in [3.63, 3.8) is 0 Å². The molecular formula is C18H19NO7S. The Kier molecular flexibility index (Phi) is 6.17. The number of carbonyl (C=O) groups excluding carboxylic acids is 2. The molecule has 0 radical (unpaired) electrons. The van der Waals surface area contributed by atoms with Crippen LogP contribution in [0.15, 0.2) is 35.7 Å². The van der Waals surface area contributed by atoms with E-state index >= 15 is 0 Å². The Hall–Kier alpha value is -2.33. The van der Waals surface area contributed by atoms with E-state index < -0.39 is 36.4 Å². The highest BCUT2D eigenvalue weighted by Crippen LogP contribution is 2.35. The first-order valence-electron chi connectivity index (χ1n) is 8.37. The Morgan fingerprint density at radius 3 is 2.59 bits per heavy atom. The van der Waals surface area contributed by atoms with Crippen LogP contribution < -0.4 is 0 Å². The van der Waals surface area contributed by atoms with Crippen molar-refractivity contribution in [2.45, 2.75) is 31.3 Å². The number of hydrogen-bond donors (Lipinski definition) is 2. The number of ether oxygens (including phenoxy) is 3. The fourth-order valence-corrected chi connectivity index (χ4v) is 3.48. The third kappa shape index (κ3) is 4.33. The molecule has 2 heterocycles. The van der Waals surface area contributed by atoms with Gasteiger partial charge in [0.15, 0.2) is 5.69 Å². The number of carbonyl (C=O) groups is 2. The average Bonchev–Trinajstić information content (AvgIpc) is 3.27. The Bertz CT molecular complexity index is 794. The molecule has 1 aromatic heterocycles. The van der Waals surface area contributed by atoms with Gasteiger partial charge in [-0.05, 0) is 19.1 Å². The van der Waals surface area contributed by atoms with E-state index in [9.17, 15) is 19.8 Å². The minimum absolute atomic E-state index is 0.112. The zero-order chi connectivity index (χ0) is 19.4. The molecule has 1 saturated heterocycles. The molecule has 0 saturated carbocycles. The molecule has 8 nitrogen and oxygen atoms in total. The van der Waals surface area contributed by atoms with Gasteiger partial charge >= 0.3 is 11.9 Å². The molecule has 3 rings (SSSR count). The van der Waals surface area contributed by atoms with Gasteiger partial charge in [-0.2, -0.15) is 0 Å². The minimum Gasteiger partial charge on any atom is -0.461 e. The van der Waals surface area contributed by atoms with E-state index in [1.807, 2.05) is 0 Å². The van der Waals surface area contributed by atoms with Crippen molar-refractivity contribution in [3.8, 4) is 0 Å². The van der Waals surface area contributed by atoms with Crippen LogP contribution in [0.3, 0.4) is 0 Å². The maximum atomic E-state index is 12.0. The van der Waals surface area contributed by atoms with Crippen molar-refractivity contribution in [2.75, 3.05) is 13.2 Å². The molecule has 0 amide bonds. The van der Waals surface area contributed by atoms with Crippen LogP contribution in [0.4, 0.5) is 0 Å².